The van der Waals surface area contributed by atoms with Crippen LogP contribution in [0.25, 0.3) is 5.01 Å². The predicted octanol–water partition coefficient (Wildman–Crippen LogP) is 1.25. The molecule has 1 aromatic rings. The molecule has 0 fully saturated rings. The highest BCUT2D eigenvalue weighted by Gasteiger charge is 2.16. The first-order valence-electron chi connectivity index (χ1n) is 3.06. The van der Waals surface area contributed by atoms with Gasteiger partial charge in [0.2, 0.25) is 0 Å². The van der Waals surface area contributed by atoms with E-state index in [0.717, 1.165) is 0 Å². The Labute approximate surface area is 69.8 Å². The normalized spacial score (nSPS) is 10.0. The van der Waals surface area contributed by atoms with E-state index in [0.29, 0.717) is 0 Å². The van der Waals surface area contributed by atoms with Crippen LogP contribution < -0.4 is 0 Å². The molecule has 0 atom stereocenters. The number of hydrogen-bond donors (Lipinski definition) is 0. The lowest BCUT2D eigenvalue weighted by atomic mass is 10.4. The molecule has 12 heavy (non-hydrogen) atoms. The van der Waals surface area contributed by atoms with Gasteiger partial charge in [-0.2, -0.15) is 0 Å². The molecule has 1 aromatic carbocycles. The Bertz CT molecular complexity index is 413. The van der Waals surface area contributed by atoms with Gasteiger partial charge < -0.3 is 5.21 Å². The molecule has 0 amide bonds. The molecule has 0 heterocycles. The van der Waals surface area contributed by atoms with Crippen LogP contribution in [-0.2, 0) is 9.84 Å². The average molecular weight is 183 g/mol. The van der Waals surface area contributed by atoms with Gasteiger partial charge in [-0.3, -0.25) is 0 Å². The Kier molecular flexibility index (Phi) is 2.31. The van der Waals surface area contributed by atoms with Crippen molar-refractivity contribution in [1.29, 1.82) is 0 Å². The Balaban J connectivity index is 3.22. The summed E-state index contributed by atoms with van der Waals surface area (Å²) in [5, 5.41) is 13.2. The van der Waals surface area contributed by atoms with Crippen molar-refractivity contribution in [3.8, 4) is 5.40 Å². The van der Waals surface area contributed by atoms with E-state index in [1.54, 1.807) is 18.2 Å². The summed E-state index contributed by atoms with van der Waals surface area (Å²) < 4.78 is 22.1. The molecule has 0 unspecified atom stereocenters. The largest absolute Gasteiger partial charge is 0.497 e. The quantitative estimate of drug-likeness (QED) is 0.374. The molecular weight excluding hydrogens is 178 g/mol. The second-order valence-electron chi connectivity index (χ2n) is 2.00. The lowest BCUT2D eigenvalue weighted by Crippen LogP contribution is -1.94. The Morgan fingerprint density at radius 3 is 2.33 bits per heavy atom. The van der Waals surface area contributed by atoms with Crippen molar-refractivity contribution in [3.63, 3.8) is 0 Å². The van der Waals surface area contributed by atoms with E-state index in [9.17, 15) is 13.6 Å². The van der Waals surface area contributed by atoms with Crippen LogP contribution in [0.1, 0.15) is 0 Å². The summed E-state index contributed by atoms with van der Waals surface area (Å²) in [7, 11) is -3.74. The maximum absolute atomic E-state index is 11.0. The molecule has 1 rings (SSSR count). The van der Waals surface area contributed by atoms with Gasteiger partial charge >= 0.3 is 15.2 Å². The lowest BCUT2D eigenvalue weighted by molar-refractivity contribution is 0.606. The van der Waals surface area contributed by atoms with Gasteiger partial charge in [0.05, 0.1) is 4.90 Å². The van der Waals surface area contributed by atoms with Gasteiger partial charge in [0.1, 0.15) is 0 Å². The molecule has 0 aromatic heterocycles. The van der Waals surface area contributed by atoms with Crippen molar-refractivity contribution >= 4 is 9.84 Å². The first-order chi connectivity index (χ1) is 5.67. The van der Waals surface area contributed by atoms with E-state index in [2.05, 4.69) is 5.01 Å². The second kappa shape index (κ2) is 3.24. The topological polar surface area (TPSA) is 61.6 Å². The smallest absolute Gasteiger partial charge is 0.438 e. The van der Waals surface area contributed by atoms with E-state index in [1.807, 2.05) is 0 Å². The molecule has 62 valence electrons. The zero-order chi connectivity index (χ0) is 9.03. The minimum atomic E-state index is -3.74. The van der Waals surface area contributed by atoms with Gasteiger partial charge in [-0.05, 0) is 12.1 Å². The van der Waals surface area contributed by atoms with Crippen LogP contribution in [0.3, 0.4) is 0 Å². The van der Waals surface area contributed by atoms with E-state index < -0.39 is 9.84 Å². The number of rotatable bonds is 1. The van der Waals surface area contributed by atoms with Gasteiger partial charge in [0.15, 0.2) is 0 Å². The number of sulfone groups is 1. The Morgan fingerprint density at radius 2 is 1.83 bits per heavy atom. The summed E-state index contributed by atoms with van der Waals surface area (Å²) in [4.78, 5) is 0.0181. The zero-order valence-corrected chi connectivity index (χ0v) is 6.78. The molecule has 0 aliphatic carbocycles. The number of nitrogens with zero attached hydrogens (tertiary/aromatic N) is 1. The van der Waals surface area contributed by atoms with Gasteiger partial charge in [-0.25, -0.2) is 8.42 Å². The zero-order valence-electron chi connectivity index (χ0n) is 5.97. The standard InChI is InChI=1S/C7H5NO3S/c9-8-6-12(10,11)7-4-2-1-3-5-7/h1-5H. The first kappa shape index (κ1) is 8.56. The molecule has 0 aliphatic heterocycles. The highest BCUT2D eigenvalue weighted by Crippen LogP contribution is 2.08. The maximum Gasteiger partial charge on any atom is 0.438 e. The molecule has 0 radical (unpaired) electrons. The van der Waals surface area contributed by atoms with Crippen molar-refractivity contribution in [3.05, 3.63) is 40.5 Å². The Morgan fingerprint density at radius 1 is 1.25 bits per heavy atom. The summed E-state index contributed by atoms with van der Waals surface area (Å²) in [6.07, 6.45) is 0. The van der Waals surface area contributed by atoms with Crippen LogP contribution in [0.5, 0.6) is 0 Å². The highest BCUT2D eigenvalue weighted by atomic mass is 32.2. The monoisotopic (exact) mass is 183 g/mol. The van der Waals surface area contributed by atoms with E-state index in [1.165, 1.54) is 17.5 Å². The number of benzene rings is 1. The lowest BCUT2D eigenvalue weighted by Gasteiger charge is -1.89. The fourth-order valence-electron chi connectivity index (χ4n) is 0.701. The molecule has 0 saturated carbocycles. The predicted molar refractivity (Wildman–Crippen MR) is 44.2 cm³/mol. The summed E-state index contributed by atoms with van der Waals surface area (Å²) in [5.74, 6) is 0. The van der Waals surface area contributed by atoms with E-state index in [-0.39, 0.29) is 4.90 Å². The first-order valence-corrected chi connectivity index (χ1v) is 4.54. The summed E-state index contributed by atoms with van der Waals surface area (Å²) in [6, 6.07) is 7.52. The van der Waals surface area contributed by atoms with E-state index in [4.69, 9.17) is 0 Å². The van der Waals surface area contributed by atoms with Gasteiger partial charge in [-0.15, -0.1) is 0 Å². The van der Waals surface area contributed by atoms with Crippen LogP contribution in [0.15, 0.2) is 35.2 Å². The summed E-state index contributed by atoms with van der Waals surface area (Å²) in [5.41, 5.74) is 0. The SMILES string of the molecule is O=S(=O)(C#[N+][O-])c1ccccc1. The second-order valence-corrected chi connectivity index (χ2v) is 3.66. The molecule has 0 spiro atoms. The summed E-state index contributed by atoms with van der Waals surface area (Å²) in [6.45, 7) is 0. The van der Waals surface area contributed by atoms with E-state index >= 15 is 0 Å². The molecular formula is C7H5NO3S. The number of hydrogen-bond acceptors (Lipinski definition) is 3. The molecule has 0 bridgehead atoms. The third-order valence-corrected chi connectivity index (χ3v) is 2.42. The molecule has 5 heteroatoms. The van der Waals surface area contributed by atoms with Crippen LogP contribution in [0.4, 0.5) is 0 Å². The third kappa shape index (κ3) is 1.74. The summed E-state index contributed by atoms with van der Waals surface area (Å²) >= 11 is 0. The van der Waals surface area contributed by atoms with Gasteiger partial charge in [0, 0.05) is 5.01 Å². The van der Waals surface area contributed by atoms with Gasteiger partial charge in [0.25, 0.3) is 0 Å². The minimum Gasteiger partial charge on any atom is -0.497 e. The molecule has 0 N–H and O–H groups in total. The molecule has 4 nitrogen and oxygen atoms in total. The highest BCUT2D eigenvalue weighted by molar-refractivity contribution is 7.96. The fraction of sp³-hybridized carbons (Fsp3) is 0. The van der Waals surface area contributed by atoms with Gasteiger partial charge in [-0.1, -0.05) is 18.2 Å². The Hall–Kier alpha value is -1.54. The van der Waals surface area contributed by atoms with Crippen LogP contribution >= 0.6 is 0 Å². The number of thiocyanates is 1. The fourth-order valence-corrected chi connectivity index (χ4v) is 1.42. The minimum absolute atomic E-state index is 0.0181. The molecule has 0 aliphatic rings. The van der Waals surface area contributed by atoms with Crippen molar-refractivity contribution in [2.75, 3.05) is 0 Å². The van der Waals surface area contributed by atoms with Crippen LogP contribution in [0, 0.1) is 10.6 Å². The van der Waals surface area contributed by atoms with Crippen molar-refractivity contribution in [1.82, 2.24) is 0 Å². The van der Waals surface area contributed by atoms with Crippen molar-refractivity contribution in [2.45, 2.75) is 4.90 Å². The molecule has 0 saturated heterocycles. The third-order valence-electron chi connectivity index (χ3n) is 1.21. The van der Waals surface area contributed by atoms with Crippen LogP contribution in [0.2, 0.25) is 0 Å². The van der Waals surface area contributed by atoms with Crippen molar-refractivity contribution < 1.29 is 8.42 Å². The average Bonchev–Trinajstić information content (AvgIpc) is 2.06. The van der Waals surface area contributed by atoms with Crippen LogP contribution in [-0.4, -0.2) is 8.42 Å². The van der Waals surface area contributed by atoms with Crippen molar-refractivity contribution in [2.24, 2.45) is 0 Å². The maximum atomic E-state index is 11.0.